The van der Waals surface area contributed by atoms with Gasteiger partial charge in [0.15, 0.2) is 17.8 Å². The SMILES string of the molecule is COc1cc(C=O)c(OC(F)F)c(OC)c1. The first-order chi connectivity index (χ1) is 7.62. The molecule has 0 aliphatic rings. The van der Waals surface area contributed by atoms with Gasteiger partial charge < -0.3 is 14.2 Å². The second kappa shape index (κ2) is 5.29. The summed E-state index contributed by atoms with van der Waals surface area (Å²) in [6, 6.07) is 2.64. The lowest BCUT2D eigenvalue weighted by atomic mass is 10.2. The summed E-state index contributed by atoms with van der Waals surface area (Å²) in [6.45, 7) is -3.03. The minimum absolute atomic E-state index is 0.0155. The van der Waals surface area contributed by atoms with Gasteiger partial charge in [-0.05, 0) is 6.07 Å². The average molecular weight is 232 g/mol. The van der Waals surface area contributed by atoms with E-state index < -0.39 is 6.61 Å². The monoisotopic (exact) mass is 232 g/mol. The fourth-order valence-electron chi connectivity index (χ4n) is 1.17. The molecule has 4 nitrogen and oxygen atoms in total. The summed E-state index contributed by atoms with van der Waals surface area (Å²) in [6.07, 6.45) is 0.392. The van der Waals surface area contributed by atoms with Crippen LogP contribution in [-0.2, 0) is 0 Å². The molecular formula is C10H10F2O4. The largest absolute Gasteiger partial charge is 0.497 e. The molecule has 0 N–H and O–H groups in total. The predicted octanol–water partition coefficient (Wildman–Crippen LogP) is 2.12. The van der Waals surface area contributed by atoms with E-state index in [0.717, 1.165) is 0 Å². The maximum absolute atomic E-state index is 12.1. The number of aldehydes is 1. The highest BCUT2D eigenvalue weighted by Crippen LogP contribution is 2.35. The van der Waals surface area contributed by atoms with Crippen LogP contribution in [0, 0.1) is 0 Å². The van der Waals surface area contributed by atoms with E-state index in [0.29, 0.717) is 12.0 Å². The van der Waals surface area contributed by atoms with E-state index in [9.17, 15) is 13.6 Å². The molecule has 0 saturated carbocycles. The number of carbonyl (C=O) groups excluding carboxylic acids is 1. The third-order valence-electron chi connectivity index (χ3n) is 1.85. The lowest BCUT2D eigenvalue weighted by molar-refractivity contribution is -0.0514. The molecule has 1 rings (SSSR count). The van der Waals surface area contributed by atoms with E-state index in [1.807, 2.05) is 0 Å². The minimum atomic E-state index is -3.03. The Morgan fingerprint density at radius 2 is 1.94 bits per heavy atom. The summed E-state index contributed by atoms with van der Waals surface area (Å²) >= 11 is 0. The van der Waals surface area contributed by atoms with Crippen molar-refractivity contribution in [2.24, 2.45) is 0 Å². The van der Waals surface area contributed by atoms with Crippen LogP contribution in [0.25, 0.3) is 0 Å². The average Bonchev–Trinajstić information content (AvgIpc) is 2.28. The fourth-order valence-corrected chi connectivity index (χ4v) is 1.17. The minimum Gasteiger partial charge on any atom is -0.497 e. The first kappa shape index (κ1) is 12.2. The van der Waals surface area contributed by atoms with Crippen molar-refractivity contribution in [2.75, 3.05) is 14.2 Å². The molecule has 1 aromatic carbocycles. The van der Waals surface area contributed by atoms with Crippen molar-refractivity contribution in [3.63, 3.8) is 0 Å². The molecular weight excluding hydrogens is 222 g/mol. The van der Waals surface area contributed by atoms with Crippen LogP contribution in [0.5, 0.6) is 17.2 Å². The molecule has 0 radical (unpaired) electrons. The van der Waals surface area contributed by atoms with Crippen LogP contribution in [0.4, 0.5) is 8.78 Å². The van der Waals surface area contributed by atoms with Crippen molar-refractivity contribution in [3.8, 4) is 17.2 Å². The Kier molecular flexibility index (Phi) is 4.04. The maximum Gasteiger partial charge on any atom is 0.387 e. The molecule has 0 amide bonds. The van der Waals surface area contributed by atoms with E-state index in [4.69, 9.17) is 9.47 Å². The molecule has 0 spiro atoms. The summed E-state index contributed by atoms with van der Waals surface area (Å²) in [5, 5.41) is 0. The maximum atomic E-state index is 12.1. The van der Waals surface area contributed by atoms with Crippen LogP contribution in [0.1, 0.15) is 10.4 Å². The Hall–Kier alpha value is -1.85. The molecule has 0 unspecified atom stereocenters. The number of ether oxygens (including phenoxy) is 3. The number of methoxy groups -OCH3 is 2. The quantitative estimate of drug-likeness (QED) is 0.729. The van der Waals surface area contributed by atoms with Crippen LogP contribution in [0.2, 0.25) is 0 Å². The van der Waals surface area contributed by atoms with Gasteiger partial charge in [0.05, 0.1) is 19.8 Å². The van der Waals surface area contributed by atoms with E-state index >= 15 is 0 Å². The second-order valence-corrected chi connectivity index (χ2v) is 2.74. The molecule has 16 heavy (non-hydrogen) atoms. The van der Waals surface area contributed by atoms with E-state index in [2.05, 4.69) is 4.74 Å². The first-order valence-electron chi connectivity index (χ1n) is 4.28. The molecule has 6 heteroatoms. The van der Waals surface area contributed by atoms with Gasteiger partial charge in [0.2, 0.25) is 0 Å². The zero-order valence-corrected chi connectivity index (χ0v) is 8.70. The number of rotatable bonds is 5. The number of hydrogen-bond acceptors (Lipinski definition) is 4. The Labute approximate surface area is 90.7 Å². The predicted molar refractivity (Wildman–Crippen MR) is 51.6 cm³/mol. The van der Waals surface area contributed by atoms with Gasteiger partial charge in [0, 0.05) is 6.07 Å². The summed E-state index contributed by atoms with van der Waals surface area (Å²) in [5.74, 6) is 0.0376. The Balaban J connectivity index is 3.25. The van der Waals surface area contributed by atoms with Crippen molar-refractivity contribution in [3.05, 3.63) is 17.7 Å². The van der Waals surface area contributed by atoms with Crippen molar-refractivity contribution in [2.45, 2.75) is 6.61 Å². The van der Waals surface area contributed by atoms with Gasteiger partial charge in [-0.3, -0.25) is 4.79 Å². The molecule has 0 bridgehead atoms. The van der Waals surface area contributed by atoms with Gasteiger partial charge >= 0.3 is 6.61 Å². The van der Waals surface area contributed by atoms with Crippen molar-refractivity contribution >= 4 is 6.29 Å². The molecule has 0 aromatic heterocycles. The molecule has 0 heterocycles. The second-order valence-electron chi connectivity index (χ2n) is 2.74. The van der Waals surface area contributed by atoms with Gasteiger partial charge in [-0.15, -0.1) is 0 Å². The fraction of sp³-hybridized carbons (Fsp3) is 0.300. The standard InChI is InChI=1S/C10H10F2O4/c1-14-7-3-6(5-13)9(16-10(11)12)8(4-7)15-2/h3-5,10H,1-2H3. The number of benzene rings is 1. The lowest BCUT2D eigenvalue weighted by Crippen LogP contribution is -2.06. The van der Waals surface area contributed by atoms with Crippen LogP contribution in [0.3, 0.4) is 0 Å². The molecule has 0 aliphatic carbocycles. The van der Waals surface area contributed by atoms with Crippen LogP contribution < -0.4 is 14.2 Å². The van der Waals surface area contributed by atoms with Crippen LogP contribution in [-0.4, -0.2) is 27.1 Å². The highest BCUT2D eigenvalue weighted by molar-refractivity contribution is 5.82. The van der Waals surface area contributed by atoms with Crippen molar-refractivity contribution in [1.82, 2.24) is 0 Å². The normalized spacial score (nSPS) is 10.1. The zero-order valence-electron chi connectivity index (χ0n) is 8.70. The van der Waals surface area contributed by atoms with Gasteiger partial charge in [0.25, 0.3) is 0 Å². The van der Waals surface area contributed by atoms with E-state index in [-0.39, 0.29) is 17.1 Å². The number of hydrogen-bond donors (Lipinski definition) is 0. The third kappa shape index (κ3) is 2.59. The summed E-state index contributed by atoms with van der Waals surface area (Å²) in [5.41, 5.74) is -0.0588. The Morgan fingerprint density at radius 1 is 1.25 bits per heavy atom. The summed E-state index contributed by atoms with van der Waals surface area (Å²) < 4.78 is 38.1. The highest BCUT2D eigenvalue weighted by Gasteiger charge is 2.17. The Bertz CT molecular complexity index is 379. The summed E-state index contributed by atoms with van der Waals surface area (Å²) in [4.78, 5) is 10.7. The van der Waals surface area contributed by atoms with Crippen molar-refractivity contribution in [1.29, 1.82) is 0 Å². The topological polar surface area (TPSA) is 44.8 Å². The van der Waals surface area contributed by atoms with Crippen LogP contribution >= 0.6 is 0 Å². The highest BCUT2D eigenvalue weighted by atomic mass is 19.3. The van der Waals surface area contributed by atoms with Gasteiger partial charge in [-0.1, -0.05) is 0 Å². The molecule has 0 atom stereocenters. The molecule has 0 aliphatic heterocycles. The first-order valence-corrected chi connectivity index (χ1v) is 4.28. The van der Waals surface area contributed by atoms with E-state index in [1.54, 1.807) is 0 Å². The van der Waals surface area contributed by atoms with Gasteiger partial charge in [-0.2, -0.15) is 8.78 Å². The van der Waals surface area contributed by atoms with Crippen molar-refractivity contribution < 1.29 is 27.8 Å². The number of alkyl halides is 2. The third-order valence-corrected chi connectivity index (χ3v) is 1.85. The zero-order chi connectivity index (χ0) is 12.1. The Morgan fingerprint density at radius 3 is 2.38 bits per heavy atom. The number of carbonyl (C=O) groups is 1. The smallest absolute Gasteiger partial charge is 0.387 e. The van der Waals surface area contributed by atoms with Gasteiger partial charge in [-0.25, -0.2) is 0 Å². The molecule has 0 fully saturated rings. The van der Waals surface area contributed by atoms with Crippen LogP contribution in [0.15, 0.2) is 12.1 Å². The van der Waals surface area contributed by atoms with E-state index in [1.165, 1.54) is 26.4 Å². The van der Waals surface area contributed by atoms with Gasteiger partial charge in [0.1, 0.15) is 5.75 Å². The lowest BCUT2D eigenvalue weighted by Gasteiger charge is -2.13. The molecule has 1 aromatic rings. The summed E-state index contributed by atoms with van der Waals surface area (Å²) in [7, 11) is 2.67. The number of halogens is 2. The molecule has 0 saturated heterocycles. The molecule has 88 valence electrons.